The van der Waals surface area contributed by atoms with E-state index in [-0.39, 0.29) is 13.0 Å². The Labute approximate surface area is 123 Å². The van der Waals surface area contributed by atoms with E-state index >= 15 is 0 Å². The minimum Gasteiger partial charge on any atom is -0.480 e. The summed E-state index contributed by atoms with van der Waals surface area (Å²) < 4.78 is 12.1. The van der Waals surface area contributed by atoms with Gasteiger partial charge in [-0.15, -0.1) is 0 Å². The third kappa shape index (κ3) is 6.61. The number of aliphatic carboxylic acids is 1. The first-order valence-electron chi connectivity index (χ1n) is 6.29. The zero-order valence-electron chi connectivity index (χ0n) is 12.1. The number of nitrogens with zero attached hydrogens (tertiary/aromatic N) is 1. The molecule has 4 atom stereocenters. The van der Waals surface area contributed by atoms with Crippen LogP contribution in [0.5, 0.6) is 0 Å². The molecule has 9 nitrogen and oxygen atoms in total. The van der Waals surface area contributed by atoms with Gasteiger partial charge in [-0.05, 0) is 20.3 Å². The molecule has 0 spiro atoms. The second-order valence-electron chi connectivity index (χ2n) is 4.53. The smallest absolute Gasteiger partial charge is 0.421 e. The Bertz CT molecular complexity index is 405. The number of carboxylic acid groups (broad SMARTS) is 1. The molecule has 0 aliphatic carbocycles. The van der Waals surface area contributed by atoms with Gasteiger partial charge in [0, 0.05) is 13.7 Å². The second kappa shape index (κ2) is 9.38. The first-order valence-corrected chi connectivity index (χ1v) is 7.15. The highest BCUT2D eigenvalue weighted by Crippen LogP contribution is 2.11. The van der Waals surface area contributed by atoms with Crippen LogP contribution in [0.1, 0.15) is 20.3 Å². The third-order valence-corrected chi connectivity index (χ3v) is 3.40. The predicted molar refractivity (Wildman–Crippen MR) is 75.1 cm³/mol. The summed E-state index contributed by atoms with van der Waals surface area (Å²) in [5.41, 5.74) is 0. The standard InChI is InChI=1S/C11H20N3O6P/c1-6(9(16)13-7(2)11(18)19)12-10(17)8(4-5-15)14(3)21-20/h6-8,15H,4-5H2,1-3H3,(H,12,17)(H,13,16)(H,18,19)/p+1/t6-,7-,8-/m0/s1. The number of hydrogen-bond donors (Lipinski definition) is 4. The van der Waals surface area contributed by atoms with Gasteiger partial charge in [-0.2, -0.15) is 0 Å². The lowest BCUT2D eigenvalue weighted by Gasteiger charge is -2.20. The van der Waals surface area contributed by atoms with Crippen LogP contribution in [-0.2, 0) is 18.9 Å². The second-order valence-corrected chi connectivity index (χ2v) is 5.42. The van der Waals surface area contributed by atoms with E-state index in [1.807, 2.05) is 0 Å². The van der Waals surface area contributed by atoms with Gasteiger partial charge in [0.25, 0.3) is 0 Å². The number of carbonyl (C=O) groups is 3. The van der Waals surface area contributed by atoms with Crippen molar-refractivity contribution in [2.45, 2.75) is 38.4 Å². The molecule has 0 rings (SSSR count). The normalized spacial score (nSPS) is 15.3. The molecule has 0 aliphatic rings. The maximum absolute atomic E-state index is 12.0. The summed E-state index contributed by atoms with van der Waals surface area (Å²) in [4.78, 5) is 34.3. The van der Waals surface area contributed by atoms with Crippen LogP contribution in [0.3, 0.4) is 0 Å². The Kier molecular flexibility index (Phi) is 8.68. The van der Waals surface area contributed by atoms with Crippen LogP contribution < -0.4 is 10.6 Å². The molecule has 0 aliphatic heterocycles. The van der Waals surface area contributed by atoms with Gasteiger partial charge in [0.1, 0.15) is 18.1 Å². The van der Waals surface area contributed by atoms with Gasteiger partial charge >= 0.3 is 14.6 Å². The summed E-state index contributed by atoms with van der Waals surface area (Å²) in [6, 6.07) is -2.86. The average molecular weight is 322 g/mol. The lowest BCUT2D eigenvalue weighted by atomic mass is 10.2. The van der Waals surface area contributed by atoms with Gasteiger partial charge < -0.3 is 20.8 Å². The van der Waals surface area contributed by atoms with E-state index in [4.69, 9.17) is 10.2 Å². The number of likely N-dealkylation sites (N-methyl/N-ethyl adjacent to an activating group) is 1. The van der Waals surface area contributed by atoms with Gasteiger partial charge in [-0.3, -0.25) is 14.4 Å². The van der Waals surface area contributed by atoms with E-state index in [0.717, 1.165) is 0 Å². The van der Waals surface area contributed by atoms with E-state index in [1.165, 1.54) is 25.6 Å². The number of rotatable bonds is 9. The number of aliphatic hydroxyl groups is 1. The van der Waals surface area contributed by atoms with Crippen LogP contribution >= 0.6 is 8.61 Å². The SMILES string of the molecule is C[C@H](NC(=O)[C@H](C)NC(=O)[C@H](CCO)N(C)[PH+]=O)C(=O)O. The zero-order valence-corrected chi connectivity index (χ0v) is 13.1. The minimum atomic E-state index is -1.19. The average Bonchev–Trinajstić information content (AvgIpc) is 2.43. The monoisotopic (exact) mass is 322 g/mol. The van der Waals surface area contributed by atoms with E-state index in [9.17, 15) is 18.9 Å². The molecular formula is C11H21N3O6P+. The van der Waals surface area contributed by atoms with Crippen LogP contribution in [0.4, 0.5) is 0 Å². The van der Waals surface area contributed by atoms with Crippen molar-refractivity contribution >= 4 is 26.4 Å². The number of nitrogens with one attached hydrogen (secondary N) is 2. The van der Waals surface area contributed by atoms with Crippen LogP contribution in [0.15, 0.2) is 0 Å². The Hall–Kier alpha value is -1.57. The number of aliphatic hydroxyl groups excluding tert-OH is 1. The highest BCUT2D eigenvalue weighted by atomic mass is 31.1. The van der Waals surface area contributed by atoms with Crippen LogP contribution in [-0.4, -0.2) is 64.4 Å². The summed E-state index contributed by atoms with van der Waals surface area (Å²) in [5, 5.41) is 22.2. The number of amides is 2. The molecule has 0 aromatic carbocycles. The van der Waals surface area contributed by atoms with E-state index in [0.29, 0.717) is 0 Å². The van der Waals surface area contributed by atoms with Crippen molar-refractivity contribution < 1.29 is 29.2 Å². The molecule has 0 fully saturated rings. The summed E-state index contributed by atoms with van der Waals surface area (Å²) in [5.74, 6) is -2.40. The lowest BCUT2D eigenvalue weighted by Crippen LogP contribution is -2.52. The summed E-state index contributed by atoms with van der Waals surface area (Å²) in [6.07, 6.45) is 0.0669. The highest BCUT2D eigenvalue weighted by molar-refractivity contribution is 7.20. The molecule has 1 unspecified atom stereocenters. The van der Waals surface area contributed by atoms with Crippen LogP contribution in [0.2, 0.25) is 0 Å². The van der Waals surface area contributed by atoms with Crippen molar-refractivity contribution in [1.82, 2.24) is 15.3 Å². The first kappa shape index (κ1) is 19.4. The maximum atomic E-state index is 12.0. The Morgan fingerprint density at radius 3 is 2.10 bits per heavy atom. The fraction of sp³-hybridized carbons (Fsp3) is 0.727. The molecular weight excluding hydrogens is 301 g/mol. The third-order valence-electron chi connectivity index (χ3n) is 2.80. The van der Waals surface area contributed by atoms with E-state index < -0.39 is 44.5 Å². The predicted octanol–water partition coefficient (Wildman–Crippen LogP) is -1.30. The number of carbonyl (C=O) groups excluding carboxylic acids is 2. The van der Waals surface area contributed by atoms with Crippen LogP contribution in [0, 0.1) is 0 Å². The molecule has 4 N–H and O–H groups in total. The molecule has 2 amide bonds. The first-order chi connectivity index (χ1) is 9.74. The van der Waals surface area contributed by atoms with Crippen LogP contribution in [0.25, 0.3) is 0 Å². The molecule has 0 radical (unpaired) electrons. The van der Waals surface area contributed by atoms with Crippen molar-refractivity contribution in [2.24, 2.45) is 0 Å². The quantitative estimate of drug-likeness (QED) is 0.387. The molecule has 0 aromatic rings. The number of hydrogen-bond acceptors (Lipinski definition) is 5. The van der Waals surface area contributed by atoms with Crippen molar-refractivity contribution in [3.8, 4) is 0 Å². The lowest BCUT2D eigenvalue weighted by molar-refractivity contribution is -0.141. The number of carboxylic acids is 1. The largest absolute Gasteiger partial charge is 0.480 e. The van der Waals surface area contributed by atoms with Gasteiger partial charge in [0.05, 0.1) is 0 Å². The van der Waals surface area contributed by atoms with E-state index in [2.05, 4.69) is 10.6 Å². The Morgan fingerprint density at radius 1 is 1.14 bits per heavy atom. The van der Waals surface area contributed by atoms with Gasteiger partial charge in [-0.1, -0.05) is 9.24 Å². The van der Waals surface area contributed by atoms with E-state index in [1.54, 1.807) is 0 Å². The molecule has 21 heavy (non-hydrogen) atoms. The summed E-state index contributed by atoms with van der Waals surface area (Å²) in [7, 11) is 0.579. The van der Waals surface area contributed by atoms with Gasteiger partial charge in [0.15, 0.2) is 0 Å². The van der Waals surface area contributed by atoms with Crippen molar-refractivity contribution in [3.63, 3.8) is 0 Å². The van der Waals surface area contributed by atoms with Crippen molar-refractivity contribution in [2.75, 3.05) is 13.7 Å². The molecule has 0 saturated heterocycles. The fourth-order valence-electron chi connectivity index (χ4n) is 1.46. The minimum absolute atomic E-state index is 0.0669. The molecule has 120 valence electrons. The Morgan fingerprint density at radius 2 is 1.67 bits per heavy atom. The molecule has 0 saturated carbocycles. The summed E-state index contributed by atoms with van der Waals surface area (Å²) >= 11 is 0. The highest BCUT2D eigenvalue weighted by Gasteiger charge is 2.30. The molecule has 0 bridgehead atoms. The molecule has 0 heterocycles. The maximum Gasteiger partial charge on any atom is 0.421 e. The Balaban J connectivity index is 4.62. The molecule has 0 aromatic heterocycles. The zero-order chi connectivity index (χ0) is 16.6. The topological polar surface area (TPSA) is 136 Å². The summed E-state index contributed by atoms with van der Waals surface area (Å²) in [6.45, 7) is 2.43. The van der Waals surface area contributed by atoms with Gasteiger partial charge in [0.2, 0.25) is 11.8 Å². The fourth-order valence-corrected chi connectivity index (χ4v) is 1.84. The van der Waals surface area contributed by atoms with Crippen molar-refractivity contribution in [1.29, 1.82) is 0 Å². The van der Waals surface area contributed by atoms with Gasteiger partial charge in [-0.25, -0.2) is 0 Å². The van der Waals surface area contributed by atoms with Crippen molar-refractivity contribution in [3.05, 3.63) is 0 Å². The molecule has 10 heteroatoms.